The molecule has 0 aromatic heterocycles. The Bertz CT molecular complexity index is 867. The van der Waals surface area contributed by atoms with Gasteiger partial charge in [0.2, 0.25) is 0 Å². The first-order valence-electron chi connectivity index (χ1n) is 10.3. The van der Waals surface area contributed by atoms with Crippen LogP contribution in [0.1, 0.15) is 81.4 Å². The number of aliphatic hydroxyl groups is 1. The van der Waals surface area contributed by atoms with Crippen LogP contribution < -0.4 is 10.0 Å². The molecule has 1 N–H and O–H groups in total. The van der Waals surface area contributed by atoms with Crippen molar-refractivity contribution in [1.29, 1.82) is 0 Å². The first kappa shape index (κ1) is 23.6. The summed E-state index contributed by atoms with van der Waals surface area (Å²) in [5.41, 5.74) is 4.21. The number of ether oxygens (including phenoxy) is 1. The summed E-state index contributed by atoms with van der Waals surface area (Å²) >= 11 is 0. The van der Waals surface area contributed by atoms with E-state index < -0.39 is 0 Å². The number of hydrogen-bond acceptors (Lipinski definition) is 3. The molecule has 0 fully saturated rings. The number of carbonyl (C=O) groups is 1. The summed E-state index contributed by atoms with van der Waals surface area (Å²) in [7, 11) is 0.419. The number of hydrogen-bond donors (Lipinski definition) is 1. The van der Waals surface area contributed by atoms with Crippen LogP contribution in [-0.4, -0.2) is 17.7 Å². The second kappa shape index (κ2) is 9.41. The van der Waals surface area contributed by atoms with E-state index in [2.05, 4.69) is 52.8 Å². The van der Waals surface area contributed by atoms with Crippen LogP contribution in [0.3, 0.4) is 0 Å². The predicted octanol–water partition coefficient (Wildman–Crippen LogP) is 5.84. The van der Waals surface area contributed by atoms with Crippen molar-refractivity contribution in [3.05, 3.63) is 58.7 Å². The normalized spacial score (nSPS) is 14.2. The molecular formula is C25H35O3P. The van der Waals surface area contributed by atoms with E-state index in [-0.39, 0.29) is 23.1 Å². The zero-order valence-electron chi connectivity index (χ0n) is 18.8. The fourth-order valence-corrected chi connectivity index (χ4v) is 5.70. The Morgan fingerprint density at radius 3 is 2.34 bits per heavy atom. The Morgan fingerprint density at radius 1 is 1.14 bits per heavy atom. The number of benzene rings is 2. The lowest BCUT2D eigenvalue weighted by molar-refractivity contribution is 0.0961. The molecule has 29 heavy (non-hydrogen) atoms. The minimum absolute atomic E-state index is 0.00474. The molecule has 4 heteroatoms. The summed E-state index contributed by atoms with van der Waals surface area (Å²) < 4.78 is 5.74. The molecule has 0 bridgehead atoms. The van der Waals surface area contributed by atoms with Crippen molar-refractivity contribution >= 4 is 19.7 Å². The summed E-state index contributed by atoms with van der Waals surface area (Å²) in [6.45, 7) is 14.4. The third kappa shape index (κ3) is 5.47. The molecule has 0 aliphatic rings. The monoisotopic (exact) mass is 414 g/mol. The quantitative estimate of drug-likeness (QED) is 0.335. The lowest BCUT2D eigenvalue weighted by Crippen LogP contribution is -2.24. The Hall–Kier alpha value is -1.70. The minimum atomic E-state index is -0.349. The molecule has 0 saturated heterocycles. The number of aryl methyl sites for hydroxylation is 1. The average Bonchev–Trinajstić information content (AvgIpc) is 2.62. The van der Waals surface area contributed by atoms with Crippen LogP contribution in [0, 0.1) is 6.92 Å². The van der Waals surface area contributed by atoms with Crippen LogP contribution in [0.4, 0.5) is 0 Å². The van der Waals surface area contributed by atoms with Gasteiger partial charge in [-0.2, -0.15) is 0 Å². The van der Waals surface area contributed by atoms with Crippen molar-refractivity contribution in [2.75, 3.05) is 6.79 Å². The van der Waals surface area contributed by atoms with Crippen molar-refractivity contribution in [3.8, 4) is 5.75 Å². The molecule has 0 saturated carbocycles. The summed E-state index contributed by atoms with van der Waals surface area (Å²) in [6.07, 6.45) is 1.98. The van der Waals surface area contributed by atoms with Gasteiger partial charge in [-0.3, -0.25) is 4.79 Å². The molecular weight excluding hydrogens is 379 g/mol. The number of carbonyl (C=O) groups excluding carboxylic acids is 1. The molecule has 0 amide bonds. The van der Waals surface area contributed by atoms with Gasteiger partial charge in [-0.05, 0) is 42.1 Å². The standard InChI is InChI=1S/C25H35O3P/c1-8-13-25(7,29-22-12-10-9-11-20(22)18(3)27)21-15-19(24(4,5)6)14-17(2)23(21)28-16-26/h9-12,14-15,26,29H,8,13,16H2,1-7H3. The zero-order chi connectivity index (χ0) is 21.8. The highest BCUT2D eigenvalue weighted by Crippen LogP contribution is 2.50. The summed E-state index contributed by atoms with van der Waals surface area (Å²) in [4.78, 5) is 12.2. The van der Waals surface area contributed by atoms with E-state index in [1.807, 2.05) is 25.1 Å². The molecule has 2 aromatic carbocycles. The number of rotatable bonds is 8. The van der Waals surface area contributed by atoms with Gasteiger partial charge in [0.05, 0.1) is 0 Å². The molecule has 2 atom stereocenters. The molecule has 0 aliphatic carbocycles. The molecule has 2 unspecified atom stereocenters. The smallest absolute Gasteiger partial charge is 0.186 e. The third-order valence-electron chi connectivity index (χ3n) is 5.41. The second-order valence-electron chi connectivity index (χ2n) is 9.00. The SMILES string of the molecule is CCCC(C)(Pc1ccccc1C(C)=O)c1cc(C(C)(C)C)cc(C)c1OCO. The van der Waals surface area contributed by atoms with E-state index in [4.69, 9.17) is 4.74 Å². The molecule has 2 aromatic rings. The third-order valence-corrected chi connectivity index (χ3v) is 7.19. The highest BCUT2D eigenvalue weighted by atomic mass is 31.1. The maximum atomic E-state index is 12.2. The maximum absolute atomic E-state index is 12.2. The Balaban J connectivity index is 2.70. The van der Waals surface area contributed by atoms with Crippen molar-refractivity contribution in [3.63, 3.8) is 0 Å². The van der Waals surface area contributed by atoms with Crippen LogP contribution in [0.25, 0.3) is 0 Å². The van der Waals surface area contributed by atoms with E-state index in [1.54, 1.807) is 6.92 Å². The first-order valence-corrected chi connectivity index (χ1v) is 11.3. The summed E-state index contributed by atoms with van der Waals surface area (Å²) in [5, 5.41) is 10.4. The van der Waals surface area contributed by atoms with Crippen molar-refractivity contribution < 1.29 is 14.6 Å². The predicted molar refractivity (Wildman–Crippen MR) is 124 cm³/mol. The molecule has 0 heterocycles. The maximum Gasteiger partial charge on any atom is 0.186 e. The van der Waals surface area contributed by atoms with Gasteiger partial charge in [0.25, 0.3) is 0 Å². The van der Waals surface area contributed by atoms with Gasteiger partial charge >= 0.3 is 0 Å². The highest BCUT2D eigenvalue weighted by Gasteiger charge is 2.33. The topological polar surface area (TPSA) is 46.5 Å². The Morgan fingerprint density at radius 2 is 1.79 bits per heavy atom. The van der Waals surface area contributed by atoms with Gasteiger partial charge in [-0.25, -0.2) is 0 Å². The lowest BCUT2D eigenvalue weighted by atomic mass is 9.82. The van der Waals surface area contributed by atoms with Crippen molar-refractivity contribution in [2.24, 2.45) is 0 Å². The Kier molecular flexibility index (Phi) is 7.65. The van der Waals surface area contributed by atoms with E-state index in [0.29, 0.717) is 8.58 Å². The number of aliphatic hydroxyl groups excluding tert-OH is 1. The minimum Gasteiger partial charge on any atom is -0.467 e. The van der Waals surface area contributed by atoms with Crippen LogP contribution >= 0.6 is 8.58 Å². The van der Waals surface area contributed by atoms with Gasteiger partial charge in [0, 0.05) is 16.3 Å². The fourth-order valence-electron chi connectivity index (χ4n) is 3.83. The highest BCUT2D eigenvalue weighted by molar-refractivity contribution is 7.48. The van der Waals surface area contributed by atoms with E-state index in [1.165, 1.54) is 5.56 Å². The Labute approximate surface area is 177 Å². The zero-order valence-corrected chi connectivity index (χ0v) is 19.8. The fraction of sp³-hybridized carbons (Fsp3) is 0.480. The lowest BCUT2D eigenvalue weighted by Gasteiger charge is -2.34. The summed E-state index contributed by atoms with van der Waals surface area (Å²) in [6, 6.07) is 12.3. The van der Waals surface area contributed by atoms with Crippen molar-refractivity contribution in [1.82, 2.24) is 0 Å². The van der Waals surface area contributed by atoms with Crippen molar-refractivity contribution in [2.45, 2.75) is 71.9 Å². The van der Waals surface area contributed by atoms with Crippen LogP contribution in [0.2, 0.25) is 0 Å². The van der Waals surface area contributed by atoms with Gasteiger partial charge < -0.3 is 9.84 Å². The van der Waals surface area contributed by atoms with E-state index >= 15 is 0 Å². The largest absolute Gasteiger partial charge is 0.467 e. The molecule has 0 spiro atoms. The number of ketones is 1. The van der Waals surface area contributed by atoms with E-state index in [9.17, 15) is 9.90 Å². The van der Waals surface area contributed by atoms with Gasteiger partial charge in [-0.15, -0.1) is 0 Å². The first-order chi connectivity index (χ1) is 13.5. The second-order valence-corrected chi connectivity index (χ2v) is 10.9. The summed E-state index contributed by atoms with van der Waals surface area (Å²) in [5.74, 6) is 0.864. The van der Waals surface area contributed by atoms with Gasteiger partial charge in [0.15, 0.2) is 12.6 Å². The van der Waals surface area contributed by atoms with E-state index in [0.717, 1.165) is 40.6 Å². The van der Waals surface area contributed by atoms with Gasteiger partial charge in [0.1, 0.15) is 5.75 Å². The number of Topliss-reactive ketones (excluding diaryl/α,β-unsaturated/α-hetero) is 1. The molecule has 3 nitrogen and oxygen atoms in total. The average molecular weight is 415 g/mol. The molecule has 0 aliphatic heterocycles. The molecule has 0 radical (unpaired) electrons. The molecule has 2 rings (SSSR count). The van der Waals surface area contributed by atoms with Crippen LogP contribution in [-0.2, 0) is 10.6 Å². The van der Waals surface area contributed by atoms with Crippen LogP contribution in [0.5, 0.6) is 5.75 Å². The van der Waals surface area contributed by atoms with Crippen LogP contribution in [0.15, 0.2) is 36.4 Å². The molecule has 158 valence electrons. The van der Waals surface area contributed by atoms with Gasteiger partial charge in [-0.1, -0.05) is 86.0 Å².